The summed E-state index contributed by atoms with van der Waals surface area (Å²) in [6, 6.07) is 7.36. The van der Waals surface area contributed by atoms with Crippen LogP contribution in [0.15, 0.2) is 39.7 Å². The van der Waals surface area contributed by atoms with Gasteiger partial charge in [-0.2, -0.15) is 5.10 Å². The van der Waals surface area contributed by atoms with Crippen molar-refractivity contribution in [3.8, 4) is 11.3 Å². The van der Waals surface area contributed by atoms with Gasteiger partial charge in [0, 0.05) is 21.6 Å². The van der Waals surface area contributed by atoms with Gasteiger partial charge in [-0.15, -0.1) is 11.3 Å². The van der Waals surface area contributed by atoms with Crippen molar-refractivity contribution in [2.45, 2.75) is 6.54 Å². The Morgan fingerprint density at radius 3 is 3.00 bits per heavy atom. The summed E-state index contributed by atoms with van der Waals surface area (Å²) in [4.78, 5) is 15.6. The fourth-order valence-corrected chi connectivity index (χ4v) is 3.20. The second kappa shape index (κ2) is 6.05. The van der Waals surface area contributed by atoms with Crippen molar-refractivity contribution in [1.82, 2.24) is 15.2 Å². The van der Waals surface area contributed by atoms with Gasteiger partial charge >= 0.3 is 0 Å². The number of nitrogens with one attached hydrogen (secondary N) is 3. The molecule has 0 aliphatic rings. The molecule has 3 N–H and O–H groups in total. The second-order valence-electron chi connectivity index (χ2n) is 4.29. The topological polar surface area (TPSA) is 73.6 Å². The summed E-state index contributed by atoms with van der Waals surface area (Å²) in [6.07, 6.45) is 1.60. The predicted octanol–water partition coefficient (Wildman–Crippen LogP) is 3.85. The molecule has 108 valence electrons. The van der Waals surface area contributed by atoms with Crippen molar-refractivity contribution < 1.29 is 0 Å². The van der Waals surface area contributed by atoms with E-state index >= 15 is 0 Å². The monoisotopic (exact) mass is 384 g/mol. The first-order chi connectivity index (χ1) is 10.1. The van der Waals surface area contributed by atoms with E-state index in [0.717, 1.165) is 19.5 Å². The Labute approximate surface area is 137 Å². The van der Waals surface area contributed by atoms with Gasteiger partial charge in [-0.3, -0.25) is 9.89 Å². The van der Waals surface area contributed by atoms with Crippen LogP contribution in [0, 0.1) is 0 Å². The van der Waals surface area contributed by atoms with Crippen LogP contribution in [-0.2, 0) is 6.54 Å². The fourth-order valence-electron chi connectivity index (χ4n) is 1.83. The van der Waals surface area contributed by atoms with Crippen LogP contribution >= 0.6 is 38.9 Å². The van der Waals surface area contributed by atoms with Gasteiger partial charge in [-0.05, 0) is 34.1 Å². The van der Waals surface area contributed by atoms with Crippen LogP contribution in [0.1, 0.15) is 4.88 Å². The average molecular weight is 386 g/mol. The third kappa shape index (κ3) is 3.37. The van der Waals surface area contributed by atoms with Crippen LogP contribution in [0.3, 0.4) is 0 Å². The molecule has 0 fully saturated rings. The van der Waals surface area contributed by atoms with Gasteiger partial charge in [-0.25, -0.2) is 0 Å². The molecule has 0 aliphatic heterocycles. The molecule has 0 unspecified atom stereocenters. The molecular formula is C13H10BrClN4OS. The summed E-state index contributed by atoms with van der Waals surface area (Å²) in [7, 11) is 0. The van der Waals surface area contributed by atoms with Crippen molar-refractivity contribution in [1.29, 1.82) is 0 Å². The SMILES string of the molecule is O=c1[nH]cc(Br)cc1-c1cc(NCc2ccc(Cl)s2)[nH]n1. The summed E-state index contributed by atoms with van der Waals surface area (Å²) in [5.41, 5.74) is 0.915. The molecule has 0 spiro atoms. The van der Waals surface area contributed by atoms with Gasteiger partial charge in [0.25, 0.3) is 5.56 Å². The highest BCUT2D eigenvalue weighted by Gasteiger charge is 2.09. The van der Waals surface area contributed by atoms with E-state index in [1.54, 1.807) is 18.3 Å². The van der Waals surface area contributed by atoms with Crippen LogP contribution in [0.4, 0.5) is 5.82 Å². The standard InChI is InChI=1S/C13H10BrClN4OS/c14-7-3-9(13(20)17-5-7)10-4-12(19-18-10)16-6-8-1-2-11(15)21-8/h1-5H,6H2,(H,17,20)(H2,16,18,19). The third-order valence-electron chi connectivity index (χ3n) is 2.80. The van der Waals surface area contributed by atoms with Crippen LogP contribution in [-0.4, -0.2) is 15.2 Å². The number of nitrogens with zero attached hydrogens (tertiary/aromatic N) is 1. The zero-order valence-electron chi connectivity index (χ0n) is 10.6. The lowest BCUT2D eigenvalue weighted by Gasteiger charge is -1.99. The zero-order valence-corrected chi connectivity index (χ0v) is 13.8. The Hall–Kier alpha value is -1.57. The lowest BCUT2D eigenvalue weighted by atomic mass is 10.2. The molecule has 0 saturated carbocycles. The minimum atomic E-state index is -0.179. The first-order valence-corrected chi connectivity index (χ1v) is 8.02. The maximum absolute atomic E-state index is 11.8. The number of hydrogen-bond donors (Lipinski definition) is 3. The quantitative estimate of drug-likeness (QED) is 0.638. The van der Waals surface area contributed by atoms with E-state index in [1.807, 2.05) is 12.1 Å². The molecule has 0 aromatic carbocycles. The van der Waals surface area contributed by atoms with E-state index < -0.39 is 0 Å². The van der Waals surface area contributed by atoms with Crippen molar-refractivity contribution >= 4 is 44.7 Å². The normalized spacial score (nSPS) is 10.8. The highest BCUT2D eigenvalue weighted by Crippen LogP contribution is 2.23. The number of aromatic nitrogens is 3. The number of anilines is 1. The van der Waals surface area contributed by atoms with Crippen LogP contribution in [0.5, 0.6) is 0 Å². The molecule has 3 aromatic heterocycles. The summed E-state index contributed by atoms with van der Waals surface area (Å²) in [5, 5.41) is 10.2. The summed E-state index contributed by atoms with van der Waals surface area (Å²) < 4.78 is 1.56. The number of halogens is 2. The van der Waals surface area contributed by atoms with E-state index in [2.05, 4.69) is 36.4 Å². The third-order valence-corrected chi connectivity index (χ3v) is 4.49. The number of aromatic amines is 2. The van der Waals surface area contributed by atoms with Crippen molar-refractivity contribution in [3.05, 3.63) is 54.5 Å². The van der Waals surface area contributed by atoms with Gasteiger partial charge in [-0.1, -0.05) is 11.6 Å². The minimum Gasteiger partial charge on any atom is -0.366 e. The molecule has 0 aliphatic carbocycles. The smallest absolute Gasteiger partial charge is 0.257 e. The van der Waals surface area contributed by atoms with E-state index in [9.17, 15) is 4.79 Å². The lowest BCUT2D eigenvalue weighted by Crippen LogP contribution is -2.07. The Morgan fingerprint density at radius 2 is 2.24 bits per heavy atom. The minimum absolute atomic E-state index is 0.179. The predicted molar refractivity (Wildman–Crippen MR) is 89.0 cm³/mol. The highest BCUT2D eigenvalue weighted by molar-refractivity contribution is 9.10. The van der Waals surface area contributed by atoms with E-state index in [-0.39, 0.29) is 5.56 Å². The van der Waals surface area contributed by atoms with Crippen LogP contribution in [0.25, 0.3) is 11.3 Å². The zero-order chi connectivity index (χ0) is 14.8. The molecule has 3 rings (SSSR count). The maximum Gasteiger partial charge on any atom is 0.257 e. The van der Waals surface area contributed by atoms with Gasteiger partial charge < -0.3 is 10.3 Å². The molecule has 21 heavy (non-hydrogen) atoms. The molecule has 3 heterocycles. The lowest BCUT2D eigenvalue weighted by molar-refractivity contribution is 1.06. The second-order valence-corrected chi connectivity index (χ2v) is 7.00. The van der Waals surface area contributed by atoms with Gasteiger partial charge in [0.15, 0.2) is 0 Å². The summed E-state index contributed by atoms with van der Waals surface area (Å²) >= 11 is 10.7. The maximum atomic E-state index is 11.8. The van der Waals surface area contributed by atoms with Gasteiger partial charge in [0.1, 0.15) is 5.82 Å². The summed E-state index contributed by atoms with van der Waals surface area (Å²) in [6.45, 7) is 0.647. The molecule has 0 saturated heterocycles. The molecule has 0 bridgehead atoms. The van der Waals surface area contributed by atoms with E-state index in [0.29, 0.717) is 17.8 Å². The molecule has 0 radical (unpaired) electrons. The van der Waals surface area contributed by atoms with Crippen molar-refractivity contribution in [3.63, 3.8) is 0 Å². The molecule has 5 nitrogen and oxygen atoms in total. The molecule has 0 atom stereocenters. The molecule has 3 aromatic rings. The number of rotatable bonds is 4. The van der Waals surface area contributed by atoms with Crippen LogP contribution in [0.2, 0.25) is 4.34 Å². The first kappa shape index (κ1) is 14.4. The van der Waals surface area contributed by atoms with Crippen molar-refractivity contribution in [2.24, 2.45) is 0 Å². The fraction of sp³-hybridized carbons (Fsp3) is 0.0769. The van der Waals surface area contributed by atoms with E-state index in [4.69, 9.17) is 11.6 Å². The average Bonchev–Trinajstić information content (AvgIpc) is 3.08. The van der Waals surface area contributed by atoms with Crippen molar-refractivity contribution in [2.75, 3.05) is 5.32 Å². The van der Waals surface area contributed by atoms with Gasteiger partial charge in [0.2, 0.25) is 0 Å². The number of thiophene rings is 1. The Balaban J connectivity index is 1.77. The summed E-state index contributed by atoms with van der Waals surface area (Å²) in [5.74, 6) is 0.744. The highest BCUT2D eigenvalue weighted by atomic mass is 79.9. The largest absolute Gasteiger partial charge is 0.366 e. The number of H-pyrrole nitrogens is 2. The van der Waals surface area contributed by atoms with Gasteiger partial charge in [0.05, 0.1) is 22.1 Å². The van der Waals surface area contributed by atoms with Crippen LogP contribution < -0.4 is 10.9 Å². The number of hydrogen-bond acceptors (Lipinski definition) is 4. The van der Waals surface area contributed by atoms with E-state index in [1.165, 1.54) is 11.3 Å². The number of pyridine rings is 1. The molecular weight excluding hydrogens is 376 g/mol. The molecule has 8 heteroatoms. The Morgan fingerprint density at radius 1 is 1.38 bits per heavy atom. The first-order valence-electron chi connectivity index (χ1n) is 6.04. The Bertz CT molecular complexity index is 825. The molecule has 0 amide bonds. The Kier molecular flexibility index (Phi) is 4.14.